The first-order valence-corrected chi connectivity index (χ1v) is 10.0. The molecule has 11 nitrogen and oxygen atoms in total. The number of nitrogens with zero attached hydrogens (tertiary/aromatic N) is 1. The van der Waals surface area contributed by atoms with Crippen LogP contribution in [-0.2, 0) is 9.59 Å². The molecule has 0 bridgehead atoms. The summed E-state index contributed by atoms with van der Waals surface area (Å²) in [7, 11) is 5.98. The van der Waals surface area contributed by atoms with Gasteiger partial charge >= 0.3 is 5.97 Å². The largest absolute Gasteiger partial charge is 0.495 e. The molecule has 0 aliphatic rings. The average Bonchev–Trinajstić information content (AvgIpc) is 3.32. The van der Waals surface area contributed by atoms with Gasteiger partial charge in [-0.1, -0.05) is 11.2 Å². The number of rotatable bonds is 10. The topological polar surface area (TPSA) is 155 Å². The molecule has 0 saturated carbocycles. The van der Waals surface area contributed by atoms with Crippen LogP contribution in [0.1, 0.15) is 6.42 Å². The van der Waals surface area contributed by atoms with Gasteiger partial charge in [0.25, 0.3) is 0 Å². The highest BCUT2D eigenvalue weighted by Gasteiger charge is 2.22. The number of ether oxygens (including phenoxy) is 4. The zero-order valence-corrected chi connectivity index (χ0v) is 19.1. The molecule has 1 atom stereocenters. The first-order valence-electron chi connectivity index (χ1n) is 10.0. The summed E-state index contributed by atoms with van der Waals surface area (Å²) in [6.07, 6.45) is 1.02. The summed E-state index contributed by atoms with van der Waals surface area (Å²) in [5.41, 5.74) is 7.86. The molecule has 4 N–H and O–H groups in total. The van der Waals surface area contributed by atoms with Crippen molar-refractivity contribution >= 4 is 17.6 Å². The number of amides is 1. The van der Waals surface area contributed by atoms with Crippen molar-refractivity contribution in [3.05, 3.63) is 36.5 Å². The van der Waals surface area contributed by atoms with E-state index in [4.69, 9.17) is 34.3 Å². The molecule has 0 aliphatic heterocycles. The maximum absolute atomic E-state index is 12.4. The molecule has 0 radical (unpaired) electrons. The third-order valence-electron chi connectivity index (χ3n) is 5.00. The molecular formula is C23H25N3O8. The van der Waals surface area contributed by atoms with Gasteiger partial charge in [0, 0.05) is 11.1 Å². The van der Waals surface area contributed by atoms with E-state index in [-0.39, 0.29) is 0 Å². The summed E-state index contributed by atoms with van der Waals surface area (Å²) in [4.78, 5) is 23.3. The highest BCUT2D eigenvalue weighted by molar-refractivity contribution is 5.98. The second-order valence-electron chi connectivity index (χ2n) is 7.09. The number of carbonyl (C=O) groups is 2. The summed E-state index contributed by atoms with van der Waals surface area (Å²) in [5, 5.41) is 15.4. The fraction of sp³-hybridized carbons (Fsp3) is 0.261. The van der Waals surface area contributed by atoms with Gasteiger partial charge in [-0.05, 0) is 29.8 Å². The van der Waals surface area contributed by atoms with E-state index in [1.54, 1.807) is 30.3 Å². The molecule has 34 heavy (non-hydrogen) atoms. The first kappa shape index (κ1) is 24.4. The minimum absolute atomic E-state index is 0.308. The summed E-state index contributed by atoms with van der Waals surface area (Å²) in [6.45, 7) is 0. The standard InChI is InChI=1S/C23H25N3O8/c1-30-17-6-5-12(7-16(17)26-23(29)15(24)10-20(27)28)14-11-25-34-21(14)13-8-18(31-2)22(33-4)19(9-13)32-3/h5-9,11,15H,10,24H2,1-4H3,(H,26,29)(H,27,28). The van der Waals surface area contributed by atoms with Crippen molar-refractivity contribution in [1.82, 2.24) is 5.16 Å². The van der Waals surface area contributed by atoms with Gasteiger partial charge in [-0.25, -0.2) is 0 Å². The van der Waals surface area contributed by atoms with Crippen LogP contribution in [0.15, 0.2) is 41.1 Å². The van der Waals surface area contributed by atoms with Crippen molar-refractivity contribution in [3.63, 3.8) is 0 Å². The lowest BCUT2D eigenvalue weighted by atomic mass is 10.0. The van der Waals surface area contributed by atoms with Crippen molar-refractivity contribution in [2.24, 2.45) is 5.73 Å². The highest BCUT2D eigenvalue weighted by atomic mass is 16.5. The minimum Gasteiger partial charge on any atom is -0.495 e. The van der Waals surface area contributed by atoms with Gasteiger partial charge in [0.05, 0.1) is 52.8 Å². The summed E-state index contributed by atoms with van der Waals surface area (Å²) >= 11 is 0. The van der Waals surface area contributed by atoms with Gasteiger partial charge < -0.3 is 39.6 Å². The Kier molecular flexibility index (Phi) is 7.59. The number of carboxylic acid groups (broad SMARTS) is 1. The predicted octanol–water partition coefficient (Wildman–Crippen LogP) is 2.78. The normalized spacial score (nSPS) is 11.4. The number of nitrogens with two attached hydrogens (primary N) is 1. The number of hydrogen-bond donors (Lipinski definition) is 3. The Morgan fingerprint density at radius 3 is 2.21 bits per heavy atom. The van der Waals surface area contributed by atoms with Crippen LogP contribution in [0.5, 0.6) is 23.0 Å². The zero-order chi connectivity index (χ0) is 24.8. The van der Waals surface area contributed by atoms with Gasteiger partial charge in [0.2, 0.25) is 11.7 Å². The fourth-order valence-electron chi connectivity index (χ4n) is 3.35. The van der Waals surface area contributed by atoms with Crippen LogP contribution >= 0.6 is 0 Å². The molecule has 1 heterocycles. The van der Waals surface area contributed by atoms with E-state index < -0.39 is 24.3 Å². The Labute approximate surface area is 195 Å². The van der Waals surface area contributed by atoms with E-state index in [9.17, 15) is 9.59 Å². The molecular weight excluding hydrogens is 446 g/mol. The number of methoxy groups -OCH3 is 4. The van der Waals surface area contributed by atoms with Crippen molar-refractivity contribution in [2.45, 2.75) is 12.5 Å². The Morgan fingerprint density at radius 1 is 1.00 bits per heavy atom. The molecule has 1 unspecified atom stereocenters. The van der Waals surface area contributed by atoms with Crippen molar-refractivity contribution in [1.29, 1.82) is 0 Å². The fourth-order valence-corrected chi connectivity index (χ4v) is 3.35. The van der Waals surface area contributed by atoms with Crippen LogP contribution in [0, 0.1) is 0 Å². The third-order valence-corrected chi connectivity index (χ3v) is 5.00. The molecule has 3 aromatic rings. The SMILES string of the molecule is COc1ccc(-c2cnoc2-c2cc(OC)c(OC)c(OC)c2)cc1NC(=O)C(N)CC(=O)O. The molecule has 0 spiro atoms. The lowest BCUT2D eigenvalue weighted by molar-refractivity contribution is -0.138. The lowest BCUT2D eigenvalue weighted by Gasteiger charge is -2.15. The predicted molar refractivity (Wildman–Crippen MR) is 122 cm³/mol. The van der Waals surface area contributed by atoms with Gasteiger partial charge in [0.15, 0.2) is 17.3 Å². The first-order chi connectivity index (χ1) is 16.3. The maximum atomic E-state index is 12.4. The van der Waals surface area contributed by atoms with Crippen molar-refractivity contribution in [2.75, 3.05) is 33.8 Å². The second kappa shape index (κ2) is 10.6. The molecule has 180 valence electrons. The van der Waals surface area contributed by atoms with E-state index in [1.807, 2.05) is 0 Å². The Hall–Kier alpha value is -4.25. The van der Waals surface area contributed by atoms with Crippen molar-refractivity contribution < 1.29 is 38.2 Å². The smallest absolute Gasteiger partial charge is 0.305 e. The molecule has 0 saturated heterocycles. The molecule has 11 heteroatoms. The zero-order valence-electron chi connectivity index (χ0n) is 19.1. The van der Waals surface area contributed by atoms with E-state index in [1.165, 1.54) is 34.6 Å². The molecule has 0 fully saturated rings. The number of carbonyl (C=O) groups excluding carboxylic acids is 1. The van der Waals surface area contributed by atoms with Crippen LogP contribution in [-0.4, -0.2) is 56.6 Å². The summed E-state index contributed by atoms with van der Waals surface area (Å²) < 4.78 is 27.1. The molecule has 2 aromatic carbocycles. The number of nitrogens with one attached hydrogen (secondary N) is 1. The number of hydrogen-bond acceptors (Lipinski definition) is 9. The Bertz CT molecular complexity index is 1170. The number of carboxylic acids is 1. The van der Waals surface area contributed by atoms with Gasteiger partial charge in [-0.2, -0.15) is 0 Å². The third kappa shape index (κ3) is 5.04. The quantitative estimate of drug-likeness (QED) is 0.402. The Morgan fingerprint density at radius 2 is 1.65 bits per heavy atom. The van der Waals surface area contributed by atoms with E-state index in [0.717, 1.165) is 0 Å². The second-order valence-corrected chi connectivity index (χ2v) is 7.09. The number of aromatic nitrogens is 1. The minimum atomic E-state index is -1.23. The molecule has 1 amide bonds. The number of aliphatic carboxylic acids is 1. The maximum Gasteiger partial charge on any atom is 0.305 e. The number of benzene rings is 2. The van der Waals surface area contributed by atoms with Crippen LogP contribution in [0.3, 0.4) is 0 Å². The summed E-state index contributed by atoms with van der Waals surface area (Å²) in [5.74, 6) is 0.260. The van der Waals surface area contributed by atoms with E-state index in [0.29, 0.717) is 51.1 Å². The van der Waals surface area contributed by atoms with E-state index in [2.05, 4.69) is 10.5 Å². The van der Waals surface area contributed by atoms with E-state index >= 15 is 0 Å². The van der Waals surface area contributed by atoms with Gasteiger partial charge in [-0.3, -0.25) is 9.59 Å². The van der Waals surface area contributed by atoms with Crippen LogP contribution in [0.2, 0.25) is 0 Å². The van der Waals surface area contributed by atoms with Crippen molar-refractivity contribution in [3.8, 4) is 45.4 Å². The van der Waals surface area contributed by atoms with Crippen LogP contribution < -0.4 is 30.0 Å². The summed E-state index contributed by atoms with van der Waals surface area (Å²) in [6, 6.07) is 7.29. The monoisotopic (exact) mass is 471 g/mol. The molecule has 3 rings (SSSR count). The average molecular weight is 471 g/mol. The van der Waals surface area contributed by atoms with Crippen LogP contribution in [0.25, 0.3) is 22.5 Å². The van der Waals surface area contributed by atoms with Gasteiger partial charge in [0.1, 0.15) is 5.75 Å². The molecule has 1 aromatic heterocycles. The number of anilines is 1. The molecule has 0 aliphatic carbocycles. The van der Waals surface area contributed by atoms with Gasteiger partial charge in [-0.15, -0.1) is 0 Å². The van der Waals surface area contributed by atoms with Crippen LogP contribution in [0.4, 0.5) is 5.69 Å². The highest BCUT2D eigenvalue weighted by Crippen LogP contribution is 2.44. The lowest BCUT2D eigenvalue weighted by Crippen LogP contribution is -2.37. The Balaban J connectivity index is 2.02.